The highest BCUT2D eigenvalue weighted by molar-refractivity contribution is 9.10. The molecule has 0 saturated carbocycles. The van der Waals surface area contributed by atoms with Gasteiger partial charge in [0.05, 0.1) is 4.47 Å². The number of halogens is 1. The van der Waals surface area contributed by atoms with Crippen molar-refractivity contribution in [1.82, 2.24) is 9.88 Å². The fourth-order valence-corrected chi connectivity index (χ4v) is 2.71. The van der Waals surface area contributed by atoms with Crippen molar-refractivity contribution in [3.8, 4) is 0 Å². The summed E-state index contributed by atoms with van der Waals surface area (Å²) < 4.78 is 0.671. The Morgan fingerprint density at radius 2 is 2.05 bits per heavy atom. The van der Waals surface area contributed by atoms with Gasteiger partial charge in [0.1, 0.15) is 12.2 Å². The Morgan fingerprint density at radius 3 is 2.65 bits per heavy atom. The number of rotatable bonds is 5. The zero-order valence-electron chi connectivity index (χ0n) is 11.0. The van der Waals surface area contributed by atoms with E-state index in [-0.39, 0.29) is 12.5 Å². The number of hydrogen-bond acceptors (Lipinski definition) is 2. The summed E-state index contributed by atoms with van der Waals surface area (Å²) in [6, 6.07) is 7.53. The predicted molar refractivity (Wildman–Crippen MR) is 79.8 cm³/mol. The van der Waals surface area contributed by atoms with Gasteiger partial charge in [0.15, 0.2) is 0 Å². The average molecular weight is 339 g/mol. The van der Waals surface area contributed by atoms with Gasteiger partial charge in [-0.25, -0.2) is 0 Å². The molecule has 1 aromatic carbocycles. The van der Waals surface area contributed by atoms with Crippen LogP contribution in [-0.2, 0) is 4.79 Å². The molecule has 1 amide bonds. The highest BCUT2D eigenvalue weighted by Gasteiger charge is 2.22. The van der Waals surface area contributed by atoms with Crippen molar-refractivity contribution in [3.63, 3.8) is 0 Å². The molecule has 0 bridgehead atoms. The van der Waals surface area contributed by atoms with E-state index < -0.39 is 5.97 Å². The Kier molecular flexibility index (Phi) is 4.44. The van der Waals surface area contributed by atoms with Crippen LogP contribution in [0.1, 0.15) is 23.8 Å². The van der Waals surface area contributed by atoms with Crippen LogP contribution in [0.5, 0.6) is 0 Å². The first kappa shape index (κ1) is 14.6. The fraction of sp³-hybridized carbons (Fsp3) is 0.286. The van der Waals surface area contributed by atoms with Gasteiger partial charge in [0.2, 0.25) is 0 Å². The Morgan fingerprint density at radius 1 is 1.35 bits per heavy atom. The van der Waals surface area contributed by atoms with Gasteiger partial charge in [-0.15, -0.1) is 0 Å². The van der Waals surface area contributed by atoms with Crippen molar-refractivity contribution >= 4 is 38.7 Å². The number of para-hydroxylation sites is 1. The standard InChI is InChI=1S/C14H15BrN2O3/c1-2-7-17(8-11(18)19)14(20)13-12(15)9-5-3-4-6-10(9)16-13/h3-6,16H,2,7-8H2,1H3,(H,18,19). The third-order valence-electron chi connectivity index (χ3n) is 2.96. The number of carboxylic acids is 1. The minimum Gasteiger partial charge on any atom is -0.480 e. The lowest BCUT2D eigenvalue weighted by molar-refractivity contribution is -0.137. The number of aliphatic carboxylic acids is 1. The molecule has 0 unspecified atom stereocenters. The Balaban J connectivity index is 2.38. The lowest BCUT2D eigenvalue weighted by atomic mass is 10.2. The van der Waals surface area contributed by atoms with Crippen LogP contribution in [0.3, 0.4) is 0 Å². The summed E-state index contributed by atoms with van der Waals surface area (Å²) >= 11 is 3.41. The highest BCUT2D eigenvalue weighted by atomic mass is 79.9. The Bertz CT molecular complexity index is 651. The highest BCUT2D eigenvalue weighted by Crippen LogP contribution is 2.28. The van der Waals surface area contributed by atoms with Crippen molar-refractivity contribution < 1.29 is 14.7 Å². The van der Waals surface area contributed by atoms with Gasteiger partial charge >= 0.3 is 5.97 Å². The summed E-state index contributed by atoms with van der Waals surface area (Å²) in [4.78, 5) is 27.7. The van der Waals surface area contributed by atoms with Gasteiger partial charge < -0.3 is 15.0 Å². The summed E-state index contributed by atoms with van der Waals surface area (Å²) in [5, 5.41) is 9.80. The van der Waals surface area contributed by atoms with Crippen LogP contribution in [0.4, 0.5) is 0 Å². The second kappa shape index (κ2) is 6.09. The number of nitrogens with one attached hydrogen (secondary N) is 1. The maximum Gasteiger partial charge on any atom is 0.323 e. The molecule has 0 aliphatic carbocycles. The molecule has 0 saturated heterocycles. The minimum atomic E-state index is -1.01. The first-order valence-corrected chi connectivity index (χ1v) is 7.11. The summed E-state index contributed by atoms with van der Waals surface area (Å²) in [5.41, 5.74) is 1.23. The molecule has 2 aromatic rings. The topological polar surface area (TPSA) is 73.4 Å². The van der Waals surface area contributed by atoms with E-state index in [4.69, 9.17) is 5.11 Å². The number of carboxylic acid groups (broad SMARTS) is 1. The predicted octanol–water partition coefficient (Wildman–Crippen LogP) is 2.87. The van der Waals surface area contributed by atoms with Gasteiger partial charge in [0.25, 0.3) is 5.91 Å². The van der Waals surface area contributed by atoms with Crippen LogP contribution >= 0.6 is 15.9 Å². The van der Waals surface area contributed by atoms with E-state index >= 15 is 0 Å². The number of hydrogen-bond donors (Lipinski definition) is 2. The average Bonchev–Trinajstić information content (AvgIpc) is 2.75. The normalized spacial score (nSPS) is 10.7. The van der Waals surface area contributed by atoms with Gasteiger partial charge in [-0.2, -0.15) is 0 Å². The van der Waals surface area contributed by atoms with E-state index in [1.165, 1.54) is 4.90 Å². The van der Waals surface area contributed by atoms with Crippen molar-refractivity contribution in [2.45, 2.75) is 13.3 Å². The molecule has 2 N–H and O–H groups in total. The molecule has 0 aliphatic rings. The first-order chi connectivity index (χ1) is 9.54. The zero-order chi connectivity index (χ0) is 14.7. The second-order valence-electron chi connectivity index (χ2n) is 4.48. The van der Waals surface area contributed by atoms with Crippen LogP contribution in [-0.4, -0.2) is 40.0 Å². The lowest BCUT2D eigenvalue weighted by Gasteiger charge is -2.19. The molecule has 6 heteroatoms. The maximum absolute atomic E-state index is 12.5. The SMILES string of the molecule is CCCN(CC(=O)O)C(=O)c1[nH]c2ccccc2c1Br. The molecule has 20 heavy (non-hydrogen) atoms. The fourth-order valence-electron chi connectivity index (χ4n) is 2.10. The molecule has 0 radical (unpaired) electrons. The molecule has 0 fully saturated rings. The molecule has 0 aliphatic heterocycles. The van der Waals surface area contributed by atoms with E-state index in [0.29, 0.717) is 23.1 Å². The van der Waals surface area contributed by atoms with Gasteiger partial charge in [-0.05, 0) is 28.4 Å². The van der Waals surface area contributed by atoms with E-state index in [2.05, 4.69) is 20.9 Å². The third kappa shape index (κ3) is 2.85. The van der Waals surface area contributed by atoms with Crippen LogP contribution in [0, 0.1) is 0 Å². The number of amides is 1. The van der Waals surface area contributed by atoms with Crippen LogP contribution in [0.2, 0.25) is 0 Å². The molecular formula is C14H15BrN2O3. The van der Waals surface area contributed by atoms with Crippen LogP contribution in [0.25, 0.3) is 10.9 Å². The second-order valence-corrected chi connectivity index (χ2v) is 5.27. The van der Waals surface area contributed by atoms with E-state index in [0.717, 1.165) is 10.9 Å². The van der Waals surface area contributed by atoms with Crippen molar-refractivity contribution in [2.24, 2.45) is 0 Å². The Hall–Kier alpha value is -1.82. The largest absolute Gasteiger partial charge is 0.480 e. The van der Waals surface area contributed by atoms with Crippen molar-refractivity contribution in [2.75, 3.05) is 13.1 Å². The quantitative estimate of drug-likeness (QED) is 0.880. The molecular weight excluding hydrogens is 324 g/mol. The summed E-state index contributed by atoms with van der Waals surface area (Å²) in [6.45, 7) is 2.02. The van der Waals surface area contributed by atoms with Crippen LogP contribution in [0.15, 0.2) is 28.7 Å². The number of fused-ring (bicyclic) bond motifs is 1. The van der Waals surface area contributed by atoms with E-state index in [1.807, 2.05) is 31.2 Å². The summed E-state index contributed by atoms with van der Waals surface area (Å²) in [6.07, 6.45) is 0.705. The monoisotopic (exact) mass is 338 g/mol. The van der Waals surface area contributed by atoms with Gasteiger partial charge in [0, 0.05) is 17.4 Å². The molecule has 0 spiro atoms. The van der Waals surface area contributed by atoms with E-state index in [9.17, 15) is 9.59 Å². The molecule has 1 aromatic heterocycles. The van der Waals surface area contributed by atoms with Crippen molar-refractivity contribution in [3.05, 3.63) is 34.4 Å². The third-order valence-corrected chi connectivity index (χ3v) is 3.79. The first-order valence-electron chi connectivity index (χ1n) is 6.31. The summed E-state index contributed by atoms with van der Waals surface area (Å²) in [5.74, 6) is -1.32. The van der Waals surface area contributed by atoms with Crippen LogP contribution < -0.4 is 0 Å². The number of H-pyrrole nitrogens is 1. The Labute approximate surface area is 124 Å². The zero-order valence-corrected chi connectivity index (χ0v) is 12.6. The van der Waals surface area contributed by atoms with Gasteiger partial charge in [-0.1, -0.05) is 25.1 Å². The maximum atomic E-state index is 12.5. The number of carbonyl (C=O) groups excluding carboxylic acids is 1. The number of benzene rings is 1. The number of carbonyl (C=O) groups is 2. The van der Waals surface area contributed by atoms with Crippen molar-refractivity contribution in [1.29, 1.82) is 0 Å². The smallest absolute Gasteiger partial charge is 0.323 e. The van der Waals surface area contributed by atoms with Gasteiger partial charge in [-0.3, -0.25) is 9.59 Å². The molecule has 5 nitrogen and oxygen atoms in total. The minimum absolute atomic E-state index is 0.297. The van der Waals surface area contributed by atoms with E-state index in [1.54, 1.807) is 0 Å². The molecule has 2 rings (SSSR count). The number of aromatic amines is 1. The number of aromatic nitrogens is 1. The molecule has 106 valence electrons. The molecule has 0 atom stereocenters. The number of nitrogens with zero attached hydrogens (tertiary/aromatic N) is 1. The molecule has 1 heterocycles. The summed E-state index contributed by atoms with van der Waals surface area (Å²) in [7, 11) is 0. The lowest BCUT2D eigenvalue weighted by Crippen LogP contribution is -2.36.